The van der Waals surface area contributed by atoms with Crippen LogP contribution in [0.25, 0.3) is 0 Å². The summed E-state index contributed by atoms with van der Waals surface area (Å²) in [5, 5.41) is 2.95. The zero-order valence-corrected chi connectivity index (χ0v) is 13.0. The van der Waals surface area contributed by atoms with Gasteiger partial charge in [0.05, 0.1) is 14.2 Å². The van der Waals surface area contributed by atoms with Crippen LogP contribution in [0.1, 0.15) is 32.6 Å². The Balaban J connectivity index is 2.08. The van der Waals surface area contributed by atoms with Crippen LogP contribution in [-0.2, 0) is 0 Å². The van der Waals surface area contributed by atoms with Crippen molar-refractivity contribution in [3.05, 3.63) is 18.2 Å². The maximum absolute atomic E-state index is 12.4. The normalized spacial score (nSPS) is 18.2. The van der Waals surface area contributed by atoms with Crippen molar-refractivity contribution < 1.29 is 14.3 Å². The van der Waals surface area contributed by atoms with Crippen LogP contribution >= 0.6 is 0 Å². The molecule has 2 rings (SSSR count). The molecule has 1 heterocycles. The van der Waals surface area contributed by atoms with Crippen LogP contribution in [0.15, 0.2) is 18.2 Å². The van der Waals surface area contributed by atoms with E-state index >= 15 is 0 Å². The van der Waals surface area contributed by atoms with E-state index in [1.54, 1.807) is 26.4 Å². The van der Waals surface area contributed by atoms with Crippen molar-refractivity contribution >= 4 is 11.7 Å². The lowest BCUT2D eigenvalue weighted by molar-refractivity contribution is 0.160. The average molecular weight is 292 g/mol. The van der Waals surface area contributed by atoms with Gasteiger partial charge in [0.15, 0.2) is 11.5 Å². The maximum Gasteiger partial charge on any atom is 0.322 e. The van der Waals surface area contributed by atoms with Crippen molar-refractivity contribution in [2.45, 2.75) is 38.6 Å². The smallest absolute Gasteiger partial charge is 0.322 e. The number of carbonyl (C=O) groups is 1. The molecule has 1 aromatic rings. The third kappa shape index (κ3) is 3.60. The third-order valence-corrected chi connectivity index (χ3v) is 3.99. The molecule has 0 radical (unpaired) electrons. The molecule has 1 aliphatic heterocycles. The summed E-state index contributed by atoms with van der Waals surface area (Å²) in [7, 11) is 3.18. The fourth-order valence-electron chi connectivity index (χ4n) is 2.80. The van der Waals surface area contributed by atoms with Gasteiger partial charge in [0, 0.05) is 24.3 Å². The van der Waals surface area contributed by atoms with Crippen molar-refractivity contribution in [1.29, 1.82) is 0 Å². The molecule has 0 aliphatic carbocycles. The number of nitrogens with zero attached hydrogens (tertiary/aromatic N) is 1. The lowest BCUT2D eigenvalue weighted by atomic mass is 10.0. The summed E-state index contributed by atoms with van der Waals surface area (Å²) in [5.41, 5.74) is 0.720. The molecule has 21 heavy (non-hydrogen) atoms. The minimum Gasteiger partial charge on any atom is -0.493 e. The zero-order valence-electron chi connectivity index (χ0n) is 13.0. The van der Waals surface area contributed by atoms with Gasteiger partial charge in [0.2, 0.25) is 0 Å². The highest BCUT2D eigenvalue weighted by Gasteiger charge is 2.25. The van der Waals surface area contributed by atoms with Crippen LogP contribution in [0.5, 0.6) is 11.5 Å². The number of likely N-dealkylation sites (tertiary alicyclic amines) is 1. The van der Waals surface area contributed by atoms with Crippen LogP contribution in [0.4, 0.5) is 10.5 Å². The maximum atomic E-state index is 12.4. The molecule has 5 heteroatoms. The number of nitrogens with one attached hydrogen (secondary N) is 1. The molecule has 1 atom stereocenters. The average Bonchev–Trinajstić information content (AvgIpc) is 2.54. The standard InChI is InChI=1S/C16H24N2O3/c1-4-13-7-5-6-10-18(13)16(19)17-12-8-9-14(20-2)15(11-12)21-3/h8-9,11,13H,4-7,10H2,1-3H3,(H,17,19)/t13-/m1/s1. The van der Waals surface area contributed by atoms with E-state index in [2.05, 4.69) is 12.2 Å². The predicted molar refractivity (Wildman–Crippen MR) is 83.2 cm³/mol. The van der Waals surface area contributed by atoms with E-state index in [1.165, 1.54) is 6.42 Å². The molecule has 5 nitrogen and oxygen atoms in total. The lowest BCUT2D eigenvalue weighted by Gasteiger charge is -2.35. The monoisotopic (exact) mass is 292 g/mol. The topological polar surface area (TPSA) is 50.8 Å². The third-order valence-electron chi connectivity index (χ3n) is 3.99. The summed E-state index contributed by atoms with van der Waals surface area (Å²) in [5.74, 6) is 1.26. The summed E-state index contributed by atoms with van der Waals surface area (Å²) in [6.45, 7) is 2.96. The molecule has 0 unspecified atom stereocenters. The van der Waals surface area contributed by atoms with Crippen LogP contribution in [0, 0.1) is 0 Å². The first-order valence-corrected chi connectivity index (χ1v) is 7.49. The van der Waals surface area contributed by atoms with E-state index in [-0.39, 0.29) is 6.03 Å². The Morgan fingerprint density at radius 2 is 2.05 bits per heavy atom. The molecular formula is C16H24N2O3. The molecule has 1 fully saturated rings. The minimum atomic E-state index is -0.0335. The van der Waals surface area contributed by atoms with Gasteiger partial charge < -0.3 is 19.7 Å². The van der Waals surface area contributed by atoms with E-state index in [4.69, 9.17) is 9.47 Å². The van der Waals surface area contributed by atoms with Gasteiger partial charge in [-0.3, -0.25) is 0 Å². The summed E-state index contributed by atoms with van der Waals surface area (Å²) < 4.78 is 10.5. The lowest BCUT2D eigenvalue weighted by Crippen LogP contribution is -2.45. The van der Waals surface area contributed by atoms with Crippen molar-refractivity contribution in [3.63, 3.8) is 0 Å². The molecule has 0 bridgehead atoms. The van der Waals surface area contributed by atoms with Gasteiger partial charge >= 0.3 is 6.03 Å². The number of hydrogen-bond acceptors (Lipinski definition) is 3. The fraction of sp³-hybridized carbons (Fsp3) is 0.562. The highest BCUT2D eigenvalue weighted by Crippen LogP contribution is 2.30. The molecule has 0 spiro atoms. The van der Waals surface area contributed by atoms with Crippen LogP contribution in [0.3, 0.4) is 0 Å². The molecular weight excluding hydrogens is 268 g/mol. The molecule has 1 aliphatic rings. The molecule has 0 saturated carbocycles. The molecule has 1 N–H and O–H groups in total. The number of anilines is 1. The second-order valence-corrected chi connectivity index (χ2v) is 5.25. The second-order valence-electron chi connectivity index (χ2n) is 5.25. The Morgan fingerprint density at radius 3 is 2.71 bits per heavy atom. The molecule has 116 valence electrons. The SMILES string of the molecule is CC[C@@H]1CCCCN1C(=O)Nc1ccc(OC)c(OC)c1. The number of carbonyl (C=O) groups excluding carboxylic acids is 1. The number of methoxy groups -OCH3 is 2. The predicted octanol–water partition coefficient (Wildman–Crippen LogP) is 3.50. The number of ether oxygens (including phenoxy) is 2. The van der Waals surface area contributed by atoms with E-state index in [0.717, 1.165) is 31.5 Å². The first-order valence-electron chi connectivity index (χ1n) is 7.49. The quantitative estimate of drug-likeness (QED) is 0.924. The number of amides is 2. The molecule has 1 aromatic carbocycles. The van der Waals surface area contributed by atoms with Crippen molar-refractivity contribution in [3.8, 4) is 11.5 Å². The summed E-state index contributed by atoms with van der Waals surface area (Å²) in [6.07, 6.45) is 4.38. The van der Waals surface area contributed by atoms with Gasteiger partial charge in [0.1, 0.15) is 0 Å². The molecule has 1 saturated heterocycles. The van der Waals surface area contributed by atoms with E-state index in [0.29, 0.717) is 17.5 Å². The number of urea groups is 1. The van der Waals surface area contributed by atoms with Crippen LogP contribution in [0.2, 0.25) is 0 Å². The van der Waals surface area contributed by atoms with Crippen LogP contribution in [-0.4, -0.2) is 37.7 Å². The van der Waals surface area contributed by atoms with Gasteiger partial charge in [-0.25, -0.2) is 4.79 Å². The van der Waals surface area contributed by atoms with Gasteiger partial charge in [-0.15, -0.1) is 0 Å². The first-order chi connectivity index (χ1) is 10.2. The fourth-order valence-corrected chi connectivity index (χ4v) is 2.80. The highest BCUT2D eigenvalue weighted by atomic mass is 16.5. The van der Waals surface area contributed by atoms with E-state index < -0.39 is 0 Å². The summed E-state index contributed by atoms with van der Waals surface area (Å²) >= 11 is 0. The summed E-state index contributed by atoms with van der Waals surface area (Å²) in [6, 6.07) is 5.71. The number of hydrogen-bond donors (Lipinski definition) is 1. The highest BCUT2D eigenvalue weighted by molar-refractivity contribution is 5.90. The zero-order chi connectivity index (χ0) is 15.2. The van der Waals surface area contributed by atoms with Crippen molar-refractivity contribution in [2.75, 3.05) is 26.1 Å². The van der Waals surface area contributed by atoms with Gasteiger partial charge in [-0.05, 0) is 37.8 Å². The van der Waals surface area contributed by atoms with Gasteiger partial charge in [0.25, 0.3) is 0 Å². The van der Waals surface area contributed by atoms with Gasteiger partial charge in [-0.2, -0.15) is 0 Å². The van der Waals surface area contributed by atoms with Crippen molar-refractivity contribution in [2.24, 2.45) is 0 Å². The summed E-state index contributed by atoms with van der Waals surface area (Å²) in [4.78, 5) is 14.4. The Labute approximate surface area is 126 Å². The Hall–Kier alpha value is -1.91. The van der Waals surface area contributed by atoms with Crippen LogP contribution < -0.4 is 14.8 Å². The number of piperidine rings is 1. The number of benzene rings is 1. The molecule has 2 amide bonds. The minimum absolute atomic E-state index is 0.0335. The largest absolute Gasteiger partial charge is 0.493 e. The van der Waals surface area contributed by atoms with E-state index in [1.807, 2.05) is 11.0 Å². The Bertz CT molecular complexity index is 490. The van der Waals surface area contributed by atoms with Gasteiger partial charge in [-0.1, -0.05) is 6.92 Å². The van der Waals surface area contributed by atoms with E-state index in [9.17, 15) is 4.79 Å². The first kappa shape index (κ1) is 15.5. The Kier molecular flexibility index (Phi) is 5.31. The Morgan fingerprint density at radius 1 is 1.29 bits per heavy atom. The second kappa shape index (κ2) is 7.20. The number of rotatable bonds is 4. The van der Waals surface area contributed by atoms with Crippen molar-refractivity contribution in [1.82, 2.24) is 4.90 Å². The molecule has 0 aromatic heterocycles.